The number of aliphatic hydroxyl groups is 4. The van der Waals surface area contributed by atoms with Gasteiger partial charge in [-0.2, -0.15) is 0 Å². The lowest BCUT2D eigenvalue weighted by Gasteiger charge is -2.33. The van der Waals surface area contributed by atoms with E-state index < -0.39 is 24.4 Å². The van der Waals surface area contributed by atoms with Gasteiger partial charge in [0, 0.05) is 104 Å². The number of carbonyl (C=O) groups excluding carboxylic acids is 4. The van der Waals surface area contributed by atoms with Gasteiger partial charge in [-0.3, -0.25) is 38.8 Å². The second-order valence-corrected chi connectivity index (χ2v) is 31.3. The maximum absolute atomic E-state index is 12.5. The van der Waals surface area contributed by atoms with E-state index in [9.17, 15) is 39.6 Å². The van der Waals surface area contributed by atoms with Crippen LogP contribution in [0.25, 0.3) is 0 Å². The minimum Gasteiger partial charge on any atom is -0.386 e. The lowest BCUT2D eigenvalue weighted by Crippen LogP contribution is -2.49. The van der Waals surface area contributed by atoms with Gasteiger partial charge in [0.2, 0.25) is 23.6 Å². The van der Waals surface area contributed by atoms with Crippen LogP contribution >= 0.6 is 0 Å². The minimum atomic E-state index is -0.706. The topological polar surface area (TPSA) is 247 Å². The highest BCUT2D eigenvalue weighted by Gasteiger charge is 2.31. The quantitative estimate of drug-likeness (QED) is 0.0192. The molecule has 4 fully saturated rings. The molecule has 4 aromatic carbocycles. The summed E-state index contributed by atoms with van der Waals surface area (Å²) in [5.41, 5.74) is 3.38. The molecule has 8 rings (SSSR count). The van der Waals surface area contributed by atoms with Crippen molar-refractivity contribution < 1.29 is 58.6 Å². The molecule has 4 aliphatic heterocycles. The summed E-state index contributed by atoms with van der Waals surface area (Å²) in [6.45, 7) is 23.8. The Balaban J connectivity index is 0.000000267. The standard InChI is InChI=1S/4C23H38N2O3/c4*1-2-3-4-5-6-7-11-14-22(26)24-21(19-25-15-17-28-18-16-25)23(27)20-12-9-8-10-13-20/h4*8-10,12-13,21,23,27H,2-7,11,14-19H2,1H3,(H,24,26)/t21-,23+;2*21-,23-;/m010./s1. The molecule has 4 heterocycles. The summed E-state index contributed by atoms with van der Waals surface area (Å²) in [6.07, 6.45) is 32.8. The Morgan fingerprint density at radius 1 is 0.268 bits per heavy atom. The monoisotopic (exact) mass is 1560 g/mol. The van der Waals surface area contributed by atoms with Crippen LogP contribution < -0.4 is 21.3 Å². The Bertz CT molecular complexity index is 2520. The lowest BCUT2D eigenvalue weighted by atomic mass is 10.0. The van der Waals surface area contributed by atoms with E-state index in [1.54, 1.807) is 0 Å². The highest BCUT2D eigenvalue weighted by atomic mass is 16.5. The first-order valence-electron chi connectivity index (χ1n) is 44.1. The number of aliphatic hydroxyl groups excluding tert-OH is 4. The number of amides is 4. The lowest BCUT2D eigenvalue weighted by molar-refractivity contribution is -0.124. The molecule has 4 aromatic rings. The number of unbranched alkanes of at least 4 members (excludes halogenated alkanes) is 24. The molecule has 4 aliphatic rings. The van der Waals surface area contributed by atoms with Gasteiger partial charge in [0.25, 0.3) is 0 Å². The molecule has 20 nitrogen and oxygen atoms in total. The molecule has 632 valence electrons. The average Bonchev–Trinajstić information content (AvgIpc) is 0.875. The number of hydrogen-bond donors (Lipinski definition) is 8. The van der Waals surface area contributed by atoms with E-state index in [4.69, 9.17) is 18.9 Å². The molecule has 0 aliphatic carbocycles. The fraction of sp³-hybridized carbons (Fsp3) is 0.696. The highest BCUT2D eigenvalue weighted by molar-refractivity contribution is 5.77. The van der Waals surface area contributed by atoms with E-state index >= 15 is 0 Å². The number of nitrogens with zero attached hydrogens (tertiary/aromatic N) is 4. The third-order valence-electron chi connectivity index (χ3n) is 21.7. The Hall–Kier alpha value is -5.72. The normalized spacial score (nSPS) is 17.2. The van der Waals surface area contributed by atoms with Crippen molar-refractivity contribution in [1.82, 2.24) is 40.9 Å². The van der Waals surface area contributed by atoms with Crippen LogP contribution in [0.15, 0.2) is 121 Å². The van der Waals surface area contributed by atoms with Crippen LogP contribution in [0, 0.1) is 0 Å². The van der Waals surface area contributed by atoms with E-state index in [2.05, 4.69) is 68.6 Å². The number of benzene rings is 4. The Labute approximate surface area is 676 Å². The third kappa shape index (κ3) is 44.4. The fourth-order valence-electron chi connectivity index (χ4n) is 14.8. The Morgan fingerprint density at radius 3 is 0.598 bits per heavy atom. The first-order valence-corrected chi connectivity index (χ1v) is 44.1. The molecule has 4 amide bonds. The zero-order valence-corrected chi connectivity index (χ0v) is 69.8. The zero-order chi connectivity index (χ0) is 80.1. The first kappa shape index (κ1) is 96.9. The van der Waals surface area contributed by atoms with Crippen LogP contribution in [0.2, 0.25) is 0 Å². The van der Waals surface area contributed by atoms with E-state index in [1.165, 1.54) is 128 Å². The van der Waals surface area contributed by atoms with E-state index in [0.717, 1.165) is 126 Å². The summed E-state index contributed by atoms with van der Waals surface area (Å²) in [6, 6.07) is 37.2. The highest BCUT2D eigenvalue weighted by Crippen LogP contribution is 2.24. The molecule has 0 spiro atoms. The van der Waals surface area contributed by atoms with Gasteiger partial charge >= 0.3 is 0 Å². The first-order chi connectivity index (χ1) is 54.8. The van der Waals surface area contributed by atoms with Crippen LogP contribution in [0.4, 0.5) is 0 Å². The Kier molecular flexibility index (Phi) is 54.9. The van der Waals surface area contributed by atoms with Crippen molar-refractivity contribution >= 4 is 23.6 Å². The fourth-order valence-corrected chi connectivity index (χ4v) is 14.8. The molecular formula is C92H152N8O12. The summed E-state index contributed by atoms with van der Waals surface area (Å²) >= 11 is 0. The molecule has 0 saturated carbocycles. The van der Waals surface area contributed by atoms with Crippen LogP contribution in [-0.4, -0.2) is 219 Å². The summed E-state index contributed by atoms with van der Waals surface area (Å²) < 4.78 is 21.7. The molecule has 20 heteroatoms. The second kappa shape index (κ2) is 63.5. The zero-order valence-electron chi connectivity index (χ0n) is 69.8. The maximum Gasteiger partial charge on any atom is 0.220 e. The largest absolute Gasteiger partial charge is 0.386 e. The molecule has 0 aromatic heterocycles. The number of carbonyl (C=O) groups is 4. The SMILES string of the molecule is CCCCCCCCCC(=O)NC(CN1CCOCC1)C(O)c1ccccc1.CCCCCCCCCC(=O)N[C@@H](CN1CCOCC1)[C@@H](O)c1ccccc1.CCCCCCCCCC(=O)N[C@@H](CN1CCOCC1)[C@H](O)c1ccccc1.CCCCCCCCCC(=O)N[C@H](CN1CCOCC1)[C@H](O)c1ccccc1. The van der Waals surface area contributed by atoms with Gasteiger partial charge in [0.1, 0.15) is 24.4 Å². The van der Waals surface area contributed by atoms with Crippen LogP contribution in [0.1, 0.15) is 280 Å². The summed E-state index contributed by atoms with van der Waals surface area (Å²) in [7, 11) is 0. The van der Waals surface area contributed by atoms with E-state index in [1.807, 2.05) is 121 Å². The van der Waals surface area contributed by atoms with Crippen LogP contribution in [0.3, 0.4) is 0 Å². The summed E-state index contributed by atoms with van der Waals surface area (Å²) in [5.74, 6) is 0.173. The molecule has 8 N–H and O–H groups in total. The molecule has 112 heavy (non-hydrogen) atoms. The predicted octanol–water partition coefficient (Wildman–Crippen LogP) is 14.7. The van der Waals surface area contributed by atoms with Gasteiger partial charge in [0.15, 0.2) is 0 Å². The van der Waals surface area contributed by atoms with Gasteiger partial charge in [-0.05, 0) is 47.9 Å². The van der Waals surface area contributed by atoms with Crippen molar-refractivity contribution in [2.45, 2.75) is 282 Å². The molecule has 0 radical (unpaired) electrons. The van der Waals surface area contributed by atoms with Gasteiger partial charge in [0.05, 0.1) is 77.0 Å². The van der Waals surface area contributed by atoms with Crippen molar-refractivity contribution in [3.8, 4) is 0 Å². The number of hydrogen-bond acceptors (Lipinski definition) is 16. The predicted molar refractivity (Wildman–Crippen MR) is 453 cm³/mol. The van der Waals surface area contributed by atoms with Crippen LogP contribution in [0.5, 0.6) is 0 Å². The van der Waals surface area contributed by atoms with Crippen LogP contribution in [-0.2, 0) is 38.1 Å². The number of rotatable bonds is 52. The molecular weight excluding hydrogens is 1410 g/mol. The van der Waals surface area contributed by atoms with Gasteiger partial charge < -0.3 is 60.6 Å². The average molecular weight is 1560 g/mol. The number of morpholine rings is 4. The smallest absolute Gasteiger partial charge is 0.220 e. The Morgan fingerprint density at radius 2 is 0.429 bits per heavy atom. The van der Waals surface area contributed by atoms with Gasteiger partial charge in [-0.25, -0.2) is 0 Å². The maximum atomic E-state index is 12.5. The van der Waals surface area contributed by atoms with Crippen molar-refractivity contribution in [2.75, 3.05) is 131 Å². The number of nitrogens with one attached hydrogen (secondary N) is 4. The molecule has 2 unspecified atom stereocenters. The van der Waals surface area contributed by atoms with Crippen molar-refractivity contribution in [3.05, 3.63) is 144 Å². The summed E-state index contributed by atoms with van der Waals surface area (Å²) in [5, 5.41) is 55.9. The summed E-state index contributed by atoms with van der Waals surface area (Å²) in [4.78, 5) is 59.0. The minimum absolute atomic E-state index is 0.0433. The second-order valence-electron chi connectivity index (χ2n) is 31.3. The third-order valence-corrected chi connectivity index (χ3v) is 21.7. The number of ether oxygens (including phenoxy) is 4. The molecule has 4 saturated heterocycles. The molecule has 8 atom stereocenters. The van der Waals surface area contributed by atoms with E-state index in [-0.39, 0.29) is 47.8 Å². The van der Waals surface area contributed by atoms with Gasteiger partial charge in [-0.15, -0.1) is 0 Å². The van der Waals surface area contributed by atoms with E-state index in [0.29, 0.717) is 105 Å². The van der Waals surface area contributed by atoms with Crippen molar-refractivity contribution in [3.63, 3.8) is 0 Å². The molecule has 0 bridgehead atoms. The van der Waals surface area contributed by atoms with Crippen molar-refractivity contribution in [2.24, 2.45) is 0 Å². The van der Waals surface area contributed by atoms with Crippen molar-refractivity contribution in [1.29, 1.82) is 0 Å². The van der Waals surface area contributed by atoms with Gasteiger partial charge in [-0.1, -0.05) is 303 Å².